The third kappa shape index (κ3) is 2.53. The Morgan fingerprint density at radius 3 is 2.88 bits per heavy atom. The molecule has 1 aromatic carbocycles. The second-order valence-electron chi connectivity index (χ2n) is 3.68. The van der Waals surface area contributed by atoms with E-state index < -0.39 is 5.82 Å². The van der Waals surface area contributed by atoms with Crippen LogP contribution in [0.15, 0.2) is 24.4 Å². The summed E-state index contributed by atoms with van der Waals surface area (Å²) in [5, 5.41) is 3.08. The van der Waals surface area contributed by atoms with E-state index in [2.05, 4.69) is 10.3 Å². The standard InChI is InChI=1S/C12H10ClFN2O/c1-7(17)16-12-4-11-9(3-10(12)14)2-8(5-13)6-15-11/h2-4,6H,5H2,1H3,(H,16,17). The van der Waals surface area contributed by atoms with Crippen LogP contribution < -0.4 is 5.32 Å². The number of fused-ring (bicyclic) bond motifs is 1. The van der Waals surface area contributed by atoms with Crippen LogP contribution in [0.5, 0.6) is 0 Å². The molecular formula is C12H10ClFN2O. The van der Waals surface area contributed by atoms with Gasteiger partial charge in [0.2, 0.25) is 5.91 Å². The predicted molar refractivity (Wildman–Crippen MR) is 65.6 cm³/mol. The zero-order valence-corrected chi connectivity index (χ0v) is 9.88. The Hall–Kier alpha value is -1.68. The molecule has 0 fully saturated rings. The number of halogens is 2. The third-order valence-corrected chi connectivity index (χ3v) is 2.60. The largest absolute Gasteiger partial charge is 0.324 e. The highest BCUT2D eigenvalue weighted by molar-refractivity contribution is 6.17. The van der Waals surface area contributed by atoms with Gasteiger partial charge in [-0.2, -0.15) is 0 Å². The molecule has 0 spiro atoms. The number of carbonyl (C=O) groups excluding carboxylic acids is 1. The van der Waals surface area contributed by atoms with Gasteiger partial charge in [-0.05, 0) is 23.8 Å². The molecule has 17 heavy (non-hydrogen) atoms. The van der Waals surface area contributed by atoms with Crippen molar-refractivity contribution in [3.63, 3.8) is 0 Å². The maximum absolute atomic E-state index is 13.6. The lowest BCUT2D eigenvalue weighted by molar-refractivity contribution is -0.114. The van der Waals surface area contributed by atoms with Crippen molar-refractivity contribution < 1.29 is 9.18 Å². The van der Waals surface area contributed by atoms with Crippen LogP contribution >= 0.6 is 11.6 Å². The molecule has 2 rings (SSSR count). The molecule has 2 aromatic rings. The molecule has 1 amide bonds. The van der Waals surface area contributed by atoms with E-state index in [1.54, 1.807) is 12.3 Å². The Labute approximate surface area is 103 Å². The van der Waals surface area contributed by atoms with Gasteiger partial charge in [-0.15, -0.1) is 11.6 Å². The van der Waals surface area contributed by atoms with Crippen molar-refractivity contribution in [2.75, 3.05) is 5.32 Å². The molecule has 88 valence electrons. The minimum Gasteiger partial charge on any atom is -0.324 e. The maximum Gasteiger partial charge on any atom is 0.221 e. The average Bonchev–Trinajstić information content (AvgIpc) is 2.29. The number of anilines is 1. The van der Waals surface area contributed by atoms with E-state index in [0.717, 1.165) is 5.56 Å². The van der Waals surface area contributed by atoms with Crippen LogP contribution in [0, 0.1) is 5.82 Å². The molecule has 5 heteroatoms. The number of carbonyl (C=O) groups is 1. The predicted octanol–water partition coefficient (Wildman–Crippen LogP) is 3.07. The molecule has 0 unspecified atom stereocenters. The highest BCUT2D eigenvalue weighted by Crippen LogP contribution is 2.22. The second-order valence-corrected chi connectivity index (χ2v) is 3.95. The summed E-state index contributed by atoms with van der Waals surface area (Å²) >= 11 is 5.68. The van der Waals surface area contributed by atoms with E-state index in [1.165, 1.54) is 19.1 Å². The summed E-state index contributed by atoms with van der Waals surface area (Å²) in [6.07, 6.45) is 1.63. The smallest absolute Gasteiger partial charge is 0.221 e. The third-order valence-electron chi connectivity index (χ3n) is 2.29. The lowest BCUT2D eigenvalue weighted by atomic mass is 10.1. The van der Waals surface area contributed by atoms with Crippen molar-refractivity contribution in [2.45, 2.75) is 12.8 Å². The number of aromatic nitrogens is 1. The topological polar surface area (TPSA) is 42.0 Å². The summed E-state index contributed by atoms with van der Waals surface area (Å²) in [7, 11) is 0. The van der Waals surface area contributed by atoms with E-state index in [9.17, 15) is 9.18 Å². The number of nitrogens with one attached hydrogen (secondary N) is 1. The van der Waals surface area contributed by atoms with Crippen molar-refractivity contribution in [3.05, 3.63) is 35.8 Å². The van der Waals surface area contributed by atoms with Gasteiger partial charge in [0.15, 0.2) is 0 Å². The Morgan fingerprint density at radius 2 is 2.24 bits per heavy atom. The molecule has 0 aliphatic rings. The van der Waals surface area contributed by atoms with Crippen molar-refractivity contribution in [1.82, 2.24) is 4.98 Å². The fourth-order valence-corrected chi connectivity index (χ4v) is 1.70. The van der Waals surface area contributed by atoms with Gasteiger partial charge in [0.05, 0.1) is 11.2 Å². The minimum absolute atomic E-state index is 0.135. The van der Waals surface area contributed by atoms with Crippen LogP contribution in [0.25, 0.3) is 10.9 Å². The van der Waals surface area contributed by atoms with E-state index >= 15 is 0 Å². The number of alkyl halides is 1. The van der Waals surface area contributed by atoms with Crippen LogP contribution in [0.3, 0.4) is 0 Å². The molecule has 1 aromatic heterocycles. The summed E-state index contributed by atoms with van der Waals surface area (Å²) in [5.41, 5.74) is 1.57. The highest BCUT2D eigenvalue weighted by Gasteiger charge is 2.07. The minimum atomic E-state index is -0.485. The van der Waals surface area contributed by atoms with Crippen molar-refractivity contribution >= 4 is 34.1 Å². The zero-order valence-electron chi connectivity index (χ0n) is 9.13. The Morgan fingerprint density at radius 1 is 1.47 bits per heavy atom. The zero-order chi connectivity index (χ0) is 12.4. The number of rotatable bonds is 2. The fraction of sp³-hybridized carbons (Fsp3) is 0.167. The summed E-state index contributed by atoms with van der Waals surface area (Å²) in [6, 6.07) is 4.61. The molecule has 0 radical (unpaired) electrons. The Kier molecular flexibility index (Phi) is 3.24. The molecule has 1 heterocycles. The first-order valence-corrected chi connectivity index (χ1v) is 5.55. The van der Waals surface area contributed by atoms with E-state index in [-0.39, 0.29) is 11.6 Å². The van der Waals surface area contributed by atoms with E-state index in [0.29, 0.717) is 16.8 Å². The first-order valence-electron chi connectivity index (χ1n) is 5.02. The summed E-state index contributed by atoms with van der Waals surface area (Å²) in [5.74, 6) is -0.472. The number of benzene rings is 1. The Bertz CT molecular complexity index is 586. The van der Waals surface area contributed by atoms with Gasteiger partial charge < -0.3 is 5.32 Å². The van der Waals surface area contributed by atoms with Gasteiger partial charge in [0.25, 0.3) is 0 Å². The summed E-state index contributed by atoms with van der Waals surface area (Å²) in [4.78, 5) is 15.0. The molecule has 0 saturated carbocycles. The molecule has 0 saturated heterocycles. The number of hydrogen-bond acceptors (Lipinski definition) is 2. The first kappa shape index (κ1) is 11.8. The van der Waals surface area contributed by atoms with Crippen LogP contribution in [-0.4, -0.2) is 10.9 Å². The van der Waals surface area contributed by atoms with Crippen LogP contribution in [0.1, 0.15) is 12.5 Å². The molecule has 0 bridgehead atoms. The molecular weight excluding hydrogens is 243 g/mol. The second kappa shape index (κ2) is 4.67. The van der Waals surface area contributed by atoms with Gasteiger partial charge in [-0.25, -0.2) is 4.39 Å². The molecule has 0 aliphatic heterocycles. The molecule has 3 nitrogen and oxygen atoms in total. The first-order chi connectivity index (χ1) is 8.10. The maximum atomic E-state index is 13.6. The van der Waals surface area contributed by atoms with Gasteiger partial charge in [0, 0.05) is 24.4 Å². The summed E-state index contributed by atoms with van der Waals surface area (Å²) in [6.45, 7) is 1.33. The van der Waals surface area contributed by atoms with Crippen molar-refractivity contribution in [3.8, 4) is 0 Å². The highest BCUT2D eigenvalue weighted by atomic mass is 35.5. The Balaban J connectivity index is 2.54. The number of pyridine rings is 1. The van der Waals surface area contributed by atoms with Crippen molar-refractivity contribution in [1.29, 1.82) is 0 Å². The quantitative estimate of drug-likeness (QED) is 0.835. The molecule has 1 N–H and O–H groups in total. The fourth-order valence-electron chi connectivity index (χ4n) is 1.55. The number of nitrogens with zero attached hydrogens (tertiary/aromatic N) is 1. The normalized spacial score (nSPS) is 10.5. The van der Waals surface area contributed by atoms with Crippen LogP contribution in [-0.2, 0) is 10.7 Å². The average molecular weight is 253 g/mol. The lowest BCUT2D eigenvalue weighted by Crippen LogP contribution is -2.07. The van der Waals surface area contributed by atoms with Gasteiger partial charge in [-0.1, -0.05) is 0 Å². The van der Waals surface area contributed by atoms with E-state index in [1.807, 2.05) is 0 Å². The van der Waals surface area contributed by atoms with Gasteiger partial charge in [0.1, 0.15) is 5.82 Å². The monoisotopic (exact) mass is 252 g/mol. The van der Waals surface area contributed by atoms with Crippen molar-refractivity contribution in [2.24, 2.45) is 0 Å². The lowest BCUT2D eigenvalue weighted by Gasteiger charge is -2.06. The summed E-state index contributed by atoms with van der Waals surface area (Å²) < 4.78 is 13.6. The molecule has 0 atom stereocenters. The number of hydrogen-bond donors (Lipinski definition) is 1. The van der Waals surface area contributed by atoms with Crippen LogP contribution in [0.4, 0.5) is 10.1 Å². The van der Waals surface area contributed by atoms with Crippen LogP contribution in [0.2, 0.25) is 0 Å². The molecule has 0 aliphatic carbocycles. The number of amides is 1. The van der Waals surface area contributed by atoms with E-state index in [4.69, 9.17) is 11.6 Å². The van der Waals surface area contributed by atoms with Gasteiger partial charge >= 0.3 is 0 Å². The SMILES string of the molecule is CC(=O)Nc1cc2ncc(CCl)cc2cc1F. The van der Waals surface area contributed by atoms with Gasteiger partial charge in [-0.3, -0.25) is 9.78 Å².